The molecule has 1 aromatic heterocycles. The number of hydrogen-bond donors (Lipinski definition) is 2. The molecule has 0 bridgehead atoms. The average Bonchev–Trinajstić information content (AvgIpc) is 2.91. The first-order valence-corrected chi connectivity index (χ1v) is 8.07. The number of carbonyl (C=O) groups excluding carboxylic acids is 1. The normalized spacial score (nSPS) is 26.6. The summed E-state index contributed by atoms with van der Waals surface area (Å²) in [6.07, 6.45) is 0.572. The molecule has 23 heavy (non-hydrogen) atoms. The number of hydrogen-bond acceptors (Lipinski definition) is 5. The quantitative estimate of drug-likeness (QED) is 0.762. The number of nitrogens with zero attached hydrogens (tertiary/aromatic N) is 3. The molecule has 0 saturated carbocycles. The van der Waals surface area contributed by atoms with Gasteiger partial charge in [0.25, 0.3) is 5.91 Å². The molecule has 2 fully saturated rings. The van der Waals surface area contributed by atoms with Crippen molar-refractivity contribution in [2.75, 3.05) is 52.9 Å². The molecule has 1 atom stereocenters. The third kappa shape index (κ3) is 3.80. The zero-order valence-electron chi connectivity index (χ0n) is 13.5. The van der Waals surface area contributed by atoms with Crippen molar-refractivity contribution >= 4 is 5.91 Å². The van der Waals surface area contributed by atoms with Gasteiger partial charge < -0.3 is 19.9 Å². The number of piperazine rings is 1. The Morgan fingerprint density at radius 1 is 1.26 bits per heavy atom. The van der Waals surface area contributed by atoms with E-state index in [0.717, 1.165) is 26.2 Å². The lowest BCUT2D eigenvalue weighted by Gasteiger charge is -2.36. The largest absolute Gasteiger partial charge is 0.387 e. The van der Waals surface area contributed by atoms with E-state index in [1.165, 1.54) is 6.07 Å². The van der Waals surface area contributed by atoms with Gasteiger partial charge in [-0.05, 0) is 19.5 Å². The van der Waals surface area contributed by atoms with Crippen LogP contribution < -0.4 is 5.56 Å². The summed E-state index contributed by atoms with van der Waals surface area (Å²) in [6, 6.07) is 4.55. The van der Waals surface area contributed by atoms with Gasteiger partial charge in [0.2, 0.25) is 5.56 Å². The molecule has 1 unspecified atom stereocenters. The maximum Gasteiger partial charge on any atom is 0.270 e. The highest BCUT2D eigenvalue weighted by Crippen LogP contribution is 2.24. The molecule has 0 aromatic carbocycles. The Kier molecular flexibility index (Phi) is 4.52. The lowest BCUT2D eigenvalue weighted by Crippen LogP contribution is -2.52. The zero-order valence-corrected chi connectivity index (χ0v) is 13.5. The van der Waals surface area contributed by atoms with Crippen molar-refractivity contribution in [2.45, 2.75) is 12.0 Å². The Hall–Kier alpha value is -1.70. The van der Waals surface area contributed by atoms with Crippen LogP contribution in [0.2, 0.25) is 0 Å². The number of carbonyl (C=O) groups is 1. The second-order valence-electron chi connectivity index (χ2n) is 6.71. The second-order valence-corrected chi connectivity index (χ2v) is 6.71. The van der Waals surface area contributed by atoms with Crippen LogP contribution in [-0.4, -0.2) is 89.2 Å². The predicted octanol–water partition coefficient (Wildman–Crippen LogP) is -0.801. The van der Waals surface area contributed by atoms with Crippen molar-refractivity contribution < 1.29 is 9.90 Å². The molecule has 0 radical (unpaired) electrons. The molecule has 2 saturated heterocycles. The maximum atomic E-state index is 12.4. The molecule has 0 aliphatic carbocycles. The summed E-state index contributed by atoms with van der Waals surface area (Å²) in [6.45, 7) is 5.32. The van der Waals surface area contributed by atoms with E-state index in [2.05, 4.69) is 21.8 Å². The van der Waals surface area contributed by atoms with Gasteiger partial charge in [-0.2, -0.15) is 0 Å². The van der Waals surface area contributed by atoms with Gasteiger partial charge in [0.1, 0.15) is 5.69 Å². The zero-order chi connectivity index (χ0) is 16.4. The van der Waals surface area contributed by atoms with Crippen LogP contribution in [0.15, 0.2) is 23.0 Å². The molecule has 2 aliphatic heterocycles. The van der Waals surface area contributed by atoms with Crippen molar-refractivity contribution in [2.24, 2.45) is 0 Å². The second kappa shape index (κ2) is 6.43. The number of pyridine rings is 1. The first kappa shape index (κ1) is 16.2. The number of aromatic amines is 1. The monoisotopic (exact) mass is 320 g/mol. The van der Waals surface area contributed by atoms with E-state index in [1.54, 1.807) is 17.0 Å². The number of rotatable bonds is 3. The van der Waals surface area contributed by atoms with Crippen LogP contribution in [0.1, 0.15) is 16.9 Å². The number of likely N-dealkylation sites (N-methyl/N-ethyl adjacent to an activating group) is 1. The topological polar surface area (TPSA) is 79.9 Å². The molecule has 3 heterocycles. The maximum absolute atomic E-state index is 12.4. The molecular formula is C16H24N4O3. The number of amides is 1. The molecule has 1 aromatic rings. The molecule has 3 rings (SSSR count). The molecule has 126 valence electrons. The standard InChI is InChI=1S/C16H24N4O3/c1-18-7-9-19(10-8-18)11-16(23)5-6-20(12-16)15(22)13-3-2-4-14(21)17-13/h2-4,23H,5-12H2,1H3,(H,17,21). The molecule has 7 nitrogen and oxygen atoms in total. The first-order valence-electron chi connectivity index (χ1n) is 8.07. The van der Waals surface area contributed by atoms with Crippen LogP contribution in [0.3, 0.4) is 0 Å². The van der Waals surface area contributed by atoms with E-state index in [-0.39, 0.29) is 17.2 Å². The van der Waals surface area contributed by atoms with Crippen LogP contribution in [0.5, 0.6) is 0 Å². The van der Waals surface area contributed by atoms with Crippen molar-refractivity contribution in [3.8, 4) is 0 Å². The van der Waals surface area contributed by atoms with Crippen molar-refractivity contribution in [3.63, 3.8) is 0 Å². The van der Waals surface area contributed by atoms with Gasteiger partial charge >= 0.3 is 0 Å². The van der Waals surface area contributed by atoms with E-state index in [4.69, 9.17) is 0 Å². The van der Waals surface area contributed by atoms with Crippen LogP contribution in [-0.2, 0) is 0 Å². The summed E-state index contributed by atoms with van der Waals surface area (Å²) >= 11 is 0. The number of likely N-dealkylation sites (tertiary alicyclic amines) is 1. The summed E-state index contributed by atoms with van der Waals surface area (Å²) in [5.41, 5.74) is -0.871. The lowest BCUT2D eigenvalue weighted by molar-refractivity contribution is 0.000477. The fraction of sp³-hybridized carbons (Fsp3) is 0.625. The fourth-order valence-electron chi connectivity index (χ4n) is 3.32. The summed E-state index contributed by atoms with van der Waals surface area (Å²) in [5.74, 6) is -0.225. The Balaban J connectivity index is 1.61. The van der Waals surface area contributed by atoms with Gasteiger partial charge in [0, 0.05) is 45.3 Å². The van der Waals surface area contributed by atoms with E-state index in [1.807, 2.05) is 0 Å². The van der Waals surface area contributed by atoms with E-state index in [0.29, 0.717) is 26.1 Å². The Morgan fingerprint density at radius 3 is 2.70 bits per heavy atom. The van der Waals surface area contributed by atoms with Crippen LogP contribution in [0.4, 0.5) is 0 Å². The van der Waals surface area contributed by atoms with Crippen LogP contribution >= 0.6 is 0 Å². The summed E-state index contributed by atoms with van der Waals surface area (Å²) < 4.78 is 0. The Morgan fingerprint density at radius 2 is 2.00 bits per heavy atom. The van der Waals surface area contributed by atoms with Crippen LogP contribution in [0, 0.1) is 0 Å². The van der Waals surface area contributed by atoms with Gasteiger partial charge in [-0.25, -0.2) is 0 Å². The van der Waals surface area contributed by atoms with Crippen molar-refractivity contribution in [1.82, 2.24) is 19.7 Å². The smallest absolute Gasteiger partial charge is 0.270 e. The Labute approximate surface area is 135 Å². The third-order valence-corrected chi connectivity index (χ3v) is 4.73. The van der Waals surface area contributed by atoms with E-state index < -0.39 is 5.60 Å². The highest BCUT2D eigenvalue weighted by molar-refractivity contribution is 5.92. The fourth-order valence-corrected chi connectivity index (χ4v) is 3.32. The minimum Gasteiger partial charge on any atom is -0.387 e. The third-order valence-electron chi connectivity index (χ3n) is 4.73. The minimum absolute atomic E-state index is 0.225. The van der Waals surface area contributed by atoms with Gasteiger partial charge in [-0.3, -0.25) is 14.5 Å². The lowest BCUT2D eigenvalue weighted by atomic mass is 10.0. The van der Waals surface area contributed by atoms with Gasteiger partial charge in [-0.15, -0.1) is 0 Å². The van der Waals surface area contributed by atoms with Crippen molar-refractivity contribution in [1.29, 1.82) is 0 Å². The SMILES string of the molecule is CN1CCN(CC2(O)CCN(C(=O)c3cccc(=O)[nH]3)C2)CC1. The van der Waals surface area contributed by atoms with E-state index >= 15 is 0 Å². The van der Waals surface area contributed by atoms with Crippen molar-refractivity contribution in [3.05, 3.63) is 34.2 Å². The molecule has 2 aliphatic rings. The molecule has 1 amide bonds. The van der Waals surface area contributed by atoms with Crippen LogP contribution in [0.25, 0.3) is 0 Å². The van der Waals surface area contributed by atoms with Gasteiger partial charge in [0.15, 0.2) is 0 Å². The minimum atomic E-state index is -0.860. The highest BCUT2D eigenvalue weighted by atomic mass is 16.3. The molecular weight excluding hydrogens is 296 g/mol. The van der Waals surface area contributed by atoms with Gasteiger partial charge in [0.05, 0.1) is 12.1 Å². The number of aromatic nitrogens is 1. The number of nitrogens with one attached hydrogen (secondary N) is 1. The molecule has 7 heteroatoms. The number of aliphatic hydroxyl groups is 1. The summed E-state index contributed by atoms with van der Waals surface area (Å²) in [7, 11) is 2.10. The number of H-pyrrole nitrogens is 1. The van der Waals surface area contributed by atoms with Gasteiger partial charge in [-0.1, -0.05) is 6.07 Å². The number of β-amino-alcohol motifs (C(OH)–C–C–N with tert-alkyl or cyclic N) is 1. The highest BCUT2D eigenvalue weighted by Gasteiger charge is 2.40. The predicted molar refractivity (Wildman–Crippen MR) is 86.5 cm³/mol. The molecule has 2 N–H and O–H groups in total. The summed E-state index contributed by atoms with van der Waals surface area (Å²) in [5, 5.41) is 10.8. The molecule has 0 spiro atoms. The average molecular weight is 320 g/mol. The summed E-state index contributed by atoms with van der Waals surface area (Å²) in [4.78, 5) is 32.5. The van der Waals surface area contributed by atoms with E-state index in [9.17, 15) is 14.7 Å². The Bertz CT molecular complexity index is 624. The first-order chi connectivity index (χ1) is 11.0.